The van der Waals surface area contributed by atoms with E-state index in [0.717, 1.165) is 23.0 Å². The maximum Gasteiger partial charge on any atom is 0.262 e. The second-order valence-electron chi connectivity index (χ2n) is 7.66. The summed E-state index contributed by atoms with van der Waals surface area (Å²) in [6.07, 6.45) is 3.49. The van der Waals surface area contributed by atoms with Crippen LogP contribution in [0.1, 0.15) is 43.0 Å². The van der Waals surface area contributed by atoms with E-state index >= 15 is 0 Å². The van der Waals surface area contributed by atoms with Crippen LogP contribution in [0.4, 0.5) is 9.39 Å². The lowest BCUT2D eigenvalue weighted by Crippen LogP contribution is -2.31. The minimum absolute atomic E-state index is 0.200. The van der Waals surface area contributed by atoms with Gasteiger partial charge in [-0.05, 0) is 54.4 Å². The summed E-state index contributed by atoms with van der Waals surface area (Å²) in [6.45, 7) is 1.80. The van der Waals surface area contributed by atoms with E-state index in [1.165, 1.54) is 18.2 Å². The van der Waals surface area contributed by atoms with Gasteiger partial charge in [0.05, 0.1) is 17.0 Å². The number of halogens is 1. The number of nitrogens with zero attached hydrogens (tertiary/aromatic N) is 2. The Balaban J connectivity index is 1.56. The zero-order chi connectivity index (χ0) is 24.2. The Morgan fingerprint density at radius 2 is 1.88 bits per heavy atom. The third kappa shape index (κ3) is 4.99. The molecule has 0 saturated carbocycles. The van der Waals surface area contributed by atoms with E-state index in [2.05, 4.69) is 15.6 Å². The second kappa shape index (κ2) is 9.88. The number of imidazole rings is 1. The van der Waals surface area contributed by atoms with E-state index in [9.17, 15) is 14.0 Å². The summed E-state index contributed by atoms with van der Waals surface area (Å²) < 4.78 is 20.5. The van der Waals surface area contributed by atoms with Crippen LogP contribution < -0.4 is 15.4 Å². The number of carbonyl (C=O) groups excluding carboxylic acids is 2. The maximum atomic E-state index is 13.4. The van der Waals surface area contributed by atoms with Crippen molar-refractivity contribution in [3.63, 3.8) is 0 Å². The number of methoxy groups -OCH3 is 1. The molecule has 2 N–H and O–H groups in total. The number of ether oxygens (including phenoxy) is 1. The van der Waals surface area contributed by atoms with Crippen molar-refractivity contribution < 1.29 is 18.7 Å². The molecular formula is C25H23FN4O3S. The average Bonchev–Trinajstić information content (AvgIpc) is 3.42. The van der Waals surface area contributed by atoms with Crippen LogP contribution in [-0.2, 0) is 7.05 Å². The normalized spacial score (nSPS) is 11.6. The maximum absolute atomic E-state index is 13.4. The van der Waals surface area contributed by atoms with E-state index in [-0.39, 0.29) is 11.5 Å². The Bertz CT molecular complexity index is 1330. The lowest BCUT2D eigenvalue weighted by Gasteiger charge is -2.19. The van der Waals surface area contributed by atoms with Crippen molar-refractivity contribution in [3.05, 3.63) is 100 Å². The van der Waals surface area contributed by atoms with Crippen LogP contribution in [0.15, 0.2) is 67.0 Å². The number of hydrogen-bond acceptors (Lipinski definition) is 5. The molecule has 0 bridgehead atoms. The summed E-state index contributed by atoms with van der Waals surface area (Å²) in [4.78, 5) is 30.6. The minimum Gasteiger partial charge on any atom is -0.497 e. The molecule has 2 heterocycles. The summed E-state index contributed by atoms with van der Waals surface area (Å²) >= 11 is 1.15. The molecule has 0 fully saturated rings. The van der Waals surface area contributed by atoms with Crippen LogP contribution in [0.2, 0.25) is 0 Å². The van der Waals surface area contributed by atoms with Crippen molar-refractivity contribution >= 4 is 28.2 Å². The fraction of sp³-hybridized carbons (Fsp3) is 0.160. The molecule has 2 aromatic carbocycles. The zero-order valence-electron chi connectivity index (χ0n) is 18.8. The first-order chi connectivity index (χ1) is 16.4. The van der Waals surface area contributed by atoms with E-state index < -0.39 is 17.8 Å². The fourth-order valence-electron chi connectivity index (χ4n) is 3.53. The Morgan fingerprint density at radius 3 is 2.53 bits per heavy atom. The summed E-state index contributed by atoms with van der Waals surface area (Å²) in [5.41, 5.74) is 1.76. The van der Waals surface area contributed by atoms with E-state index in [1.54, 1.807) is 26.3 Å². The van der Waals surface area contributed by atoms with Gasteiger partial charge in [-0.2, -0.15) is 0 Å². The molecule has 0 radical (unpaired) electrons. The van der Waals surface area contributed by atoms with E-state index in [0.29, 0.717) is 27.0 Å². The molecule has 1 atom stereocenters. The summed E-state index contributed by atoms with van der Waals surface area (Å²) in [6, 6.07) is 14.1. The summed E-state index contributed by atoms with van der Waals surface area (Å²) in [5.74, 6) is 0.150. The summed E-state index contributed by atoms with van der Waals surface area (Å²) in [7, 11) is 3.46. The molecule has 2 aromatic heterocycles. The molecule has 0 aliphatic carbocycles. The quantitative estimate of drug-likeness (QED) is 0.403. The summed E-state index contributed by atoms with van der Waals surface area (Å²) in [5, 5.41) is 6.30. The zero-order valence-corrected chi connectivity index (χ0v) is 19.7. The number of rotatable bonds is 7. The Morgan fingerprint density at radius 1 is 1.12 bits per heavy atom. The highest BCUT2D eigenvalue weighted by molar-refractivity contribution is 7.18. The molecule has 174 valence electrons. The number of benzene rings is 2. The predicted octanol–water partition coefficient (Wildman–Crippen LogP) is 4.71. The molecule has 0 saturated heterocycles. The van der Waals surface area contributed by atoms with Crippen molar-refractivity contribution in [2.45, 2.75) is 13.0 Å². The van der Waals surface area contributed by atoms with E-state index in [4.69, 9.17) is 4.74 Å². The van der Waals surface area contributed by atoms with Crippen LogP contribution >= 0.6 is 11.3 Å². The third-order valence-corrected chi connectivity index (χ3v) is 6.44. The van der Waals surface area contributed by atoms with Crippen LogP contribution in [0.3, 0.4) is 0 Å². The van der Waals surface area contributed by atoms with Crippen molar-refractivity contribution in [3.8, 4) is 5.75 Å². The van der Waals surface area contributed by atoms with Crippen molar-refractivity contribution in [1.82, 2.24) is 14.9 Å². The van der Waals surface area contributed by atoms with Gasteiger partial charge >= 0.3 is 0 Å². The van der Waals surface area contributed by atoms with Gasteiger partial charge in [0.2, 0.25) is 0 Å². The first-order valence-electron chi connectivity index (χ1n) is 10.4. The molecule has 2 amide bonds. The number of aryl methyl sites for hydroxylation is 2. The Labute approximate surface area is 200 Å². The fourth-order valence-corrected chi connectivity index (χ4v) is 4.50. The largest absolute Gasteiger partial charge is 0.497 e. The monoisotopic (exact) mass is 478 g/mol. The molecule has 4 aromatic rings. The van der Waals surface area contributed by atoms with Gasteiger partial charge in [0.15, 0.2) is 0 Å². The van der Waals surface area contributed by atoms with E-state index in [1.807, 2.05) is 42.1 Å². The number of hydrogen-bond donors (Lipinski definition) is 2. The molecule has 4 rings (SSSR count). The number of aromatic nitrogens is 2. The Kier molecular flexibility index (Phi) is 6.74. The highest BCUT2D eigenvalue weighted by Crippen LogP contribution is 2.29. The smallest absolute Gasteiger partial charge is 0.262 e. The molecule has 0 aliphatic rings. The standard InChI is InChI=1S/C25H23FN4O3S/c1-15-13-20(28-24(31)17-5-4-6-18(26)14-17)34-22(15)25(32)29-21(23-27-11-12-30(23)2)16-7-9-19(33-3)10-8-16/h4-14,21H,1-3H3,(H,28,31)(H,29,32). The third-order valence-electron chi connectivity index (χ3n) is 5.29. The lowest BCUT2D eigenvalue weighted by molar-refractivity contribution is 0.0944. The van der Waals surface area contributed by atoms with Gasteiger partial charge in [0.1, 0.15) is 23.4 Å². The first-order valence-corrected chi connectivity index (χ1v) is 11.3. The SMILES string of the molecule is COc1ccc(C(NC(=O)c2sc(NC(=O)c3cccc(F)c3)cc2C)c2nccn2C)cc1. The number of thiophene rings is 1. The molecule has 0 aliphatic heterocycles. The van der Waals surface area contributed by atoms with Crippen molar-refractivity contribution in [2.24, 2.45) is 7.05 Å². The molecule has 34 heavy (non-hydrogen) atoms. The minimum atomic E-state index is -0.495. The molecule has 0 spiro atoms. The van der Waals surface area contributed by atoms with Crippen LogP contribution in [0.25, 0.3) is 0 Å². The predicted molar refractivity (Wildman–Crippen MR) is 129 cm³/mol. The van der Waals surface area contributed by atoms with Crippen molar-refractivity contribution in [2.75, 3.05) is 12.4 Å². The molecule has 9 heteroatoms. The number of nitrogens with one attached hydrogen (secondary N) is 2. The van der Waals surface area contributed by atoms with Gasteiger partial charge < -0.3 is 19.9 Å². The molecular weight excluding hydrogens is 455 g/mol. The average molecular weight is 479 g/mol. The topological polar surface area (TPSA) is 85.2 Å². The van der Waals surface area contributed by atoms with Gasteiger partial charge in [0, 0.05) is 25.0 Å². The highest BCUT2D eigenvalue weighted by Gasteiger charge is 2.24. The van der Waals surface area contributed by atoms with Crippen LogP contribution in [-0.4, -0.2) is 28.5 Å². The number of anilines is 1. The first kappa shape index (κ1) is 23.2. The number of carbonyl (C=O) groups is 2. The van der Waals surface area contributed by atoms with Gasteiger partial charge in [0.25, 0.3) is 11.8 Å². The number of amides is 2. The van der Waals surface area contributed by atoms with Gasteiger partial charge in [-0.15, -0.1) is 11.3 Å². The lowest BCUT2D eigenvalue weighted by atomic mass is 10.1. The molecule has 1 unspecified atom stereocenters. The second-order valence-corrected chi connectivity index (χ2v) is 8.72. The van der Waals surface area contributed by atoms with Gasteiger partial charge in [-0.3, -0.25) is 9.59 Å². The van der Waals surface area contributed by atoms with Gasteiger partial charge in [-0.1, -0.05) is 18.2 Å². The highest BCUT2D eigenvalue weighted by atomic mass is 32.1. The molecule has 7 nitrogen and oxygen atoms in total. The Hall–Kier alpha value is -3.98. The van der Waals surface area contributed by atoms with Crippen LogP contribution in [0, 0.1) is 12.7 Å². The van der Waals surface area contributed by atoms with Crippen LogP contribution in [0.5, 0.6) is 5.75 Å². The van der Waals surface area contributed by atoms with Crippen molar-refractivity contribution in [1.29, 1.82) is 0 Å². The van der Waals surface area contributed by atoms with Gasteiger partial charge in [-0.25, -0.2) is 9.37 Å².